The molecule has 1 fully saturated rings. The van der Waals surface area contributed by atoms with Crippen molar-refractivity contribution < 1.29 is 4.74 Å². The van der Waals surface area contributed by atoms with Gasteiger partial charge in [0.2, 0.25) is 0 Å². The number of unbranched alkanes of at least 4 members (excludes halogenated alkanes) is 3. The number of ether oxygens (including phenoxy) is 1. The molecule has 15 heavy (non-hydrogen) atoms. The molecule has 0 aromatic rings. The molecule has 90 valence electrons. The Balaban J connectivity index is 1.79. The minimum atomic E-state index is 0.494. The van der Waals surface area contributed by atoms with E-state index < -0.39 is 0 Å². The fourth-order valence-electron chi connectivity index (χ4n) is 1.93. The summed E-state index contributed by atoms with van der Waals surface area (Å²) in [5.74, 6) is 0. The lowest BCUT2D eigenvalue weighted by Crippen LogP contribution is -2.32. The van der Waals surface area contributed by atoms with Crippen LogP contribution in [-0.2, 0) is 4.74 Å². The molecule has 1 N–H and O–H groups in total. The third-order valence-electron chi connectivity index (χ3n) is 2.88. The maximum atomic E-state index is 5.66. The molecule has 1 atom stereocenters. The molecule has 1 aliphatic rings. The van der Waals surface area contributed by atoms with Gasteiger partial charge in [0.1, 0.15) is 0 Å². The summed E-state index contributed by atoms with van der Waals surface area (Å²) in [5.41, 5.74) is 0. The minimum Gasteiger partial charge on any atom is -0.377 e. The van der Waals surface area contributed by atoms with Gasteiger partial charge < -0.3 is 10.1 Å². The van der Waals surface area contributed by atoms with Crippen molar-refractivity contribution in [3.63, 3.8) is 0 Å². The average molecular weight is 325 g/mol. The quantitative estimate of drug-likeness (QED) is 0.421. The van der Waals surface area contributed by atoms with Crippen LogP contribution in [0, 0.1) is 0 Å². The number of nitrogens with one attached hydrogen (secondary N) is 1. The van der Waals surface area contributed by atoms with Gasteiger partial charge in [-0.1, -0.05) is 35.4 Å². The van der Waals surface area contributed by atoms with Crippen LogP contribution in [0.25, 0.3) is 0 Å². The minimum absolute atomic E-state index is 0.494. The third kappa shape index (κ3) is 7.53. The summed E-state index contributed by atoms with van der Waals surface area (Å²) in [5, 5.41) is 3.51. The molecule has 3 heteroatoms. The summed E-state index contributed by atoms with van der Waals surface area (Å²) in [6.45, 7) is 3.20. The van der Waals surface area contributed by atoms with Gasteiger partial charge in [0.15, 0.2) is 0 Å². The van der Waals surface area contributed by atoms with Gasteiger partial charge >= 0.3 is 0 Å². The first kappa shape index (κ1) is 13.7. The van der Waals surface area contributed by atoms with E-state index in [9.17, 15) is 0 Å². The van der Waals surface area contributed by atoms with E-state index in [0.29, 0.717) is 6.10 Å². The molecular weight excluding hydrogens is 301 g/mol. The predicted octanol–water partition coefficient (Wildman–Crippen LogP) is 3.14. The molecule has 0 aromatic heterocycles. The Labute approximate surface area is 108 Å². The van der Waals surface area contributed by atoms with Gasteiger partial charge in [-0.25, -0.2) is 0 Å². The largest absolute Gasteiger partial charge is 0.377 e. The summed E-state index contributed by atoms with van der Waals surface area (Å²) in [6, 6.07) is 0. The van der Waals surface area contributed by atoms with Crippen molar-refractivity contribution in [1.82, 2.24) is 5.32 Å². The molecule has 1 saturated heterocycles. The summed E-state index contributed by atoms with van der Waals surface area (Å²) in [6.07, 6.45) is 9.83. The van der Waals surface area contributed by atoms with E-state index in [4.69, 9.17) is 4.74 Å². The molecule has 0 saturated carbocycles. The van der Waals surface area contributed by atoms with E-state index in [2.05, 4.69) is 27.9 Å². The van der Waals surface area contributed by atoms with Gasteiger partial charge in [-0.2, -0.15) is 0 Å². The highest BCUT2D eigenvalue weighted by atomic mass is 127. The molecule has 1 rings (SSSR count). The number of hydrogen-bond acceptors (Lipinski definition) is 2. The molecule has 2 nitrogen and oxygen atoms in total. The third-order valence-corrected chi connectivity index (χ3v) is 3.65. The summed E-state index contributed by atoms with van der Waals surface area (Å²) in [7, 11) is 0. The Bertz CT molecular complexity index is 138. The monoisotopic (exact) mass is 325 g/mol. The zero-order valence-electron chi connectivity index (χ0n) is 9.64. The molecule has 0 aromatic carbocycles. The highest BCUT2D eigenvalue weighted by molar-refractivity contribution is 14.1. The molecule has 0 amide bonds. The normalized spacial score (nSPS) is 21.8. The van der Waals surface area contributed by atoms with Crippen molar-refractivity contribution in [2.75, 3.05) is 24.1 Å². The van der Waals surface area contributed by atoms with Gasteiger partial charge in [-0.3, -0.25) is 0 Å². The van der Waals surface area contributed by atoms with Crippen LogP contribution < -0.4 is 5.32 Å². The van der Waals surface area contributed by atoms with Crippen LogP contribution in [0.3, 0.4) is 0 Å². The van der Waals surface area contributed by atoms with Crippen LogP contribution in [0.5, 0.6) is 0 Å². The zero-order chi connectivity index (χ0) is 10.8. The molecule has 1 unspecified atom stereocenters. The number of alkyl halides is 1. The van der Waals surface area contributed by atoms with Crippen LogP contribution in [-0.4, -0.2) is 30.2 Å². The van der Waals surface area contributed by atoms with E-state index in [1.807, 2.05) is 0 Å². The summed E-state index contributed by atoms with van der Waals surface area (Å²) >= 11 is 2.45. The van der Waals surface area contributed by atoms with Gasteiger partial charge in [-0.15, -0.1) is 0 Å². The summed E-state index contributed by atoms with van der Waals surface area (Å²) < 4.78 is 6.97. The molecule has 1 aliphatic heterocycles. The second kappa shape index (κ2) is 9.85. The molecule has 0 spiro atoms. The van der Waals surface area contributed by atoms with Gasteiger partial charge in [-0.05, 0) is 43.1 Å². The first-order valence-corrected chi connectivity index (χ1v) is 7.84. The molecule has 1 heterocycles. The number of rotatable bonds is 8. The standard InChI is InChI=1S/C12H24INO/c13-8-4-1-2-5-9-14-11-12-7-3-6-10-15-12/h12,14H,1-11H2. The Morgan fingerprint density at radius 1 is 1.13 bits per heavy atom. The highest BCUT2D eigenvalue weighted by Crippen LogP contribution is 2.11. The lowest BCUT2D eigenvalue weighted by molar-refractivity contribution is 0.0170. The van der Waals surface area contributed by atoms with E-state index in [0.717, 1.165) is 13.2 Å². The van der Waals surface area contributed by atoms with Gasteiger partial charge in [0, 0.05) is 13.2 Å². The predicted molar refractivity (Wildman–Crippen MR) is 73.8 cm³/mol. The molecular formula is C12H24INO. The van der Waals surface area contributed by atoms with E-state index in [1.54, 1.807) is 0 Å². The summed E-state index contributed by atoms with van der Waals surface area (Å²) in [4.78, 5) is 0. The second-order valence-corrected chi connectivity index (χ2v) is 5.37. The van der Waals surface area contributed by atoms with Crippen LogP contribution in [0.2, 0.25) is 0 Å². The topological polar surface area (TPSA) is 21.3 Å². The highest BCUT2D eigenvalue weighted by Gasteiger charge is 2.12. The van der Waals surface area contributed by atoms with Crippen molar-refractivity contribution in [2.24, 2.45) is 0 Å². The second-order valence-electron chi connectivity index (χ2n) is 4.30. The van der Waals surface area contributed by atoms with Crippen molar-refractivity contribution in [3.8, 4) is 0 Å². The lowest BCUT2D eigenvalue weighted by atomic mass is 10.1. The maximum Gasteiger partial charge on any atom is 0.0699 e. The Morgan fingerprint density at radius 2 is 2.00 bits per heavy atom. The Kier molecular flexibility index (Phi) is 9.00. The van der Waals surface area contributed by atoms with E-state index in [1.165, 1.54) is 55.9 Å². The Morgan fingerprint density at radius 3 is 2.73 bits per heavy atom. The van der Waals surface area contributed by atoms with Gasteiger partial charge in [0.05, 0.1) is 6.10 Å². The number of halogens is 1. The Hall–Kier alpha value is 0.650. The van der Waals surface area contributed by atoms with Crippen LogP contribution in [0.15, 0.2) is 0 Å². The van der Waals surface area contributed by atoms with Gasteiger partial charge in [0.25, 0.3) is 0 Å². The van der Waals surface area contributed by atoms with Crippen LogP contribution in [0.4, 0.5) is 0 Å². The first-order chi connectivity index (χ1) is 7.43. The molecule has 0 radical (unpaired) electrons. The molecule has 0 bridgehead atoms. The van der Waals surface area contributed by atoms with E-state index in [-0.39, 0.29) is 0 Å². The van der Waals surface area contributed by atoms with Crippen molar-refractivity contribution in [3.05, 3.63) is 0 Å². The van der Waals surface area contributed by atoms with Crippen molar-refractivity contribution in [2.45, 2.75) is 51.0 Å². The van der Waals surface area contributed by atoms with Crippen molar-refractivity contribution in [1.29, 1.82) is 0 Å². The zero-order valence-corrected chi connectivity index (χ0v) is 11.8. The number of hydrogen-bond donors (Lipinski definition) is 1. The first-order valence-electron chi connectivity index (χ1n) is 6.32. The fraction of sp³-hybridized carbons (Fsp3) is 1.00. The lowest BCUT2D eigenvalue weighted by Gasteiger charge is -2.22. The smallest absolute Gasteiger partial charge is 0.0699 e. The van der Waals surface area contributed by atoms with E-state index >= 15 is 0 Å². The fourth-order valence-corrected chi connectivity index (χ4v) is 2.47. The van der Waals surface area contributed by atoms with Crippen molar-refractivity contribution >= 4 is 22.6 Å². The maximum absolute atomic E-state index is 5.66. The van der Waals surface area contributed by atoms with Crippen LogP contribution >= 0.6 is 22.6 Å². The molecule has 0 aliphatic carbocycles. The SMILES string of the molecule is ICCCCCCNCC1CCCCO1. The average Bonchev–Trinajstić information content (AvgIpc) is 2.29. The van der Waals surface area contributed by atoms with Crippen LogP contribution in [0.1, 0.15) is 44.9 Å².